The van der Waals surface area contributed by atoms with E-state index in [0.717, 1.165) is 31.7 Å². The van der Waals surface area contributed by atoms with Gasteiger partial charge in [-0.2, -0.15) is 0 Å². The van der Waals surface area contributed by atoms with Gasteiger partial charge in [-0.15, -0.1) is 0 Å². The smallest absolute Gasteiger partial charge is 0.260 e. The first-order chi connectivity index (χ1) is 11.5. The molecule has 7 nitrogen and oxygen atoms in total. The molecule has 2 aliphatic rings. The lowest BCUT2D eigenvalue weighted by molar-refractivity contribution is -0.884. The third kappa shape index (κ3) is 3.63. The predicted molar refractivity (Wildman–Crippen MR) is 87.1 cm³/mol. The van der Waals surface area contributed by atoms with E-state index in [1.54, 1.807) is 18.2 Å². The monoisotopic (exact) mass is 331 g/mol. The molecule has 128 valence electrons. The zero-order chi connectivity index (χ0) is 17.1. The summed E-state index contributed by atoms with van der Waals surface area (Å²) in [4.78, 5) is 39.3. The molecular weight excluding hydrogens is 308 g/mol. The number of hydrogen-bond acceptors (Lipinski definition) is 4. The van der Waals surface area contributed by atoms with Crippen LogP contribution in [0.25, 0.3) is 0 Å². The van der Waals surface area contributed by atoms with Gasteiger partial charge in [0.25, 0.3) is 5.91 Å². The molecule has 1 aromatic carbocycles. The Morgan fingerprint density at radius 3 is 2.67 bits per heavy atom. The van der Waals surface area contributed by atoms with Crippen LogP contribution in [0.4, 0.5) is 0 Å². The lowest BCUT2D eigenvalue weighted by Crippen LogP contribution is -3.12. The summed E-state index contributed by atoms with van der Waals surface area (Å²) in [6, 6.07) is 7.13. The molecule has 1 saturated heterocycles. The van der Waals surface area contributed by atoms with E-state index in [-0.39, 0.29) is 37.1 Å². The van der Waals surface area contributed by atoms with Crippen molar-refractivity contribution in [1.82, 2.24) is 15.3 Å². The molecule has 0 radical (unpaired) electrons. The maximum Gasteiger partial charge on any atom is 0.260 e. The summed E-state index contributed by atoms with van der Waals surface area (Å²) in [7, 11) is 2.13. The van der Waals surface area contributed by atoms with Crippen LogP contribution in [0.3, 0.4) is 0 Å². The van der Waals surface area contributed by atoms with E-state index in [1.807, 2.05) is 11.1 Å². The number of rotatable bonds is 4. The average molecular weight is 331 g/mol. The molecule has 2 aliphatic heterocycles. The van der Waals surface area contributed by atoms with Crippen molar-refractivity contribution in [2.75, 3.05) is 39.8 Å². The van der Waals surface area contributed by atoms with Gasteiger partial charge >= 0.3 is 0 Å². The Bertz CT molecular complexity index is 653. The number of nitrogens with one attached hydrogen (secondary N) is 2. The molecule has 1 aromatic rings. The van der Waals surface area contributed by atoms with Crippen molar-refractivity contribution >= 4 is 17.7 Å². The summed E-state index contributed by atoms with van der Waals surface area (Å²) in [6.07, 6.45) is 0.337. The van der Waals surface area contributed by atoms with Gasteiger partial charge in [0.1, 0.15) is 0 Å². The van der Waals surface area contributed by atoms with Crippen LogP contribution in [0.1, 0.15) is 22.3 Å². The normalized spacial score (nSPS) is 19.3. The fourth-order valence-electron chi connectivity index (χ4n) is 3.07. The molecule has 0 saturated carbocycles. The van der Waals surface area contributed by atoms with Crippen LogP contribution in [0.2, 0.25) is 0 Å². The number of carbonyl (C=O) groups excluding carboxylic acids is 3. The van der Waals surface area contributed by atoms with Crippen molar-refractivity contribution in [3.63, 3.8) is 0 Å². The fraction of sp³-hybridized carbons (Fsp3) is 0.471. The number of piperazine rings is 1. The number of likely N-dealkylation sites (N-methyl/N-ethyl adjacent to an activating group) is 1. The van der Waals surface area contributed by atoms with Crippen LogP contribution in [0.15, 0.2) is 24.3 Å². The van der Waals surface area contributed by atoms with E-state index in [2.05, 4.69) is 12.5 Å². The highest BCUT2D eigenvalue weighted by Crippen LogP contribution is 2.19. The van der Waals surface area contributed by atoms with Crippen LogP contribution in [0, 0.1) is 0 Å². The van der Waals surface area contributed by atoms with Crippen LogP contribution in [0.5, 0.6) is 0 Å². The maximum absolute atomic E-state index is 12.4. The van der Waals surface area contributed by atoms with Crippen molar-refractivity contribution in [3.8, 4) is 0 Å². The number of fused-ring (bicyclic) bond motifs is 1. The number of benzene rings is 1. The van der Waals surface area contributed by atoms with E-state index in [9.17, 15) is 14.4 Å². The van der Waals surface area contributed by atoms with Crippen LogP contribution in [-0.4, -0.2) is 67.4 Å². The zero-order valence-electron chi connectivity index (χ0n) is 13.9. The van der Waals surface area contributed by atoms with Gasteiger partial charge in [-0.05, 0) is 11.6 Å². The number of hydrazine groups is 1. The third-order valence-electron chi connectivity index (χ3n) is 4.60. The second-order valence-corrected chi connectivity index (χ2v) is 6.41. The molecule has 3 amide bonds. The van der Waals surface area contributed by atoms with Crippen LogP contribution >= 0.6 is 0 Å². The summed E-state index contributed by atoms with van der Waals surface area (Å²) in [5.41, 5.74) is 4.17. The Morgan fingerprint density at radius 2 is 1.92 bits per heavy atom. The number of quaternary nitrogens is 1. The Hall–Kier alpha value is -2.25. The van der Waals surface area contributed by atoms with Crippen molar-refractivity contribution in [1.29, 1.82) is 0 Å². The van der Waals surface area contributed by atoms with E-state index in [0.29, 0.717) is 5.56 Å². The molecule has 0 bridgehead atoms. The van der Waals surface area contributed by atoms with Gasteiger partial charge in [-0.1, -0.05) is 18.2 Å². The molecule has 24 heavy (non-hydrogen) atoms. The molecule has 3 rings (SSSR count). The van der Waals surface area contributed by atoms with Crippen molar-refractivity contribution in [2.24, 2.45) is 0 Å². The number of nitrogens with zero attached hydrogens (tertiary/aromatic N) is 2. The molecule has 2 heterocycles. The number of carbonyl (C=O) groups is 3. The summed E-state index contributed by atoms with van der Waals surface area (Å²) >= 11 is 0. The number of amides is 3. The van der Waals surface area contributed by atoms with Gasteiger partial charge in [0.2, 0.25) is 11.8 Å². The quantitative estimate of drug-likeness (QED) is 0.656. The van der Waals surface area contributed by atoms with Crippen molar-refractivity contribution in [2.45, 2.75) is 12.8 Å². The standard InChI is InChI=1S/C17H22N4O3/c1-19-8-10-20(11-9-19)18-15(22)6-7-21-16(23)12-13-4-2-3-5-14(13)17(21)24/h2-5H,6-12H2,1H3,(H,18,22)/p+1. The molecule has 0 aromatic heterocycles. The van der Waals surface area contributed by atoms with Gasteiger partial charge in [0.15, 0.2) is 0 Å². The summed E-state index contributed by atoms with van der Waals surface area (Å²) in [5, 5.41) is 1.91. The molecule has 0 spiro atoms. The van der Waals surface area contributed by atoms with Crippen LogP contribution < -0.4 is 10.3 Å². The number of imide groups is 1. The maximum atomic E-state index is 12.4. The summed E-state index contributed by atoms with van der Waals surface area (Å²) in [6.45, 7) is 3.72. The first-order valence-corrected chi connectivity index (χ1v) is 8.33. The molecule has 7 heteroatoms. The van der Waals surface area contributed by atoms with E-state index in [4.69, 9.17) is 0 Å². The van der Waals surface area contributed by atoms with Crippen molar-refractivity contribution in [3.05, 3.63) is 35.4 Å². The fourth-order valence-corrected chi connectivity index (χ4v) is 3.07. The second-order valence-electron chi connectivity index (χ2n) is 6.41. The molecule has 1 fully saturated rings. The van der Waals surface area contributed by atoms with E-state index >= 15 is 0 Å². The molecule has 0 aliphatic carbocycles. The van der Waals surface area contributed by atoms with E-state index < -0.39 is 0 Å². The third-order valence-corrected chi connectivity index (χ3v) is 4.60. The second kappa shape index (κ2) is 7.11. The minimum atomic E-state index is -0.308. The highest BCUT2D eigenvalue weighted by atomic mass is 16.2. The Kier molecular flexibility index (Phi) is 4.92. The van der Waals surface area contributed by atoms with Gasteiger partial charge in [-0.3, -0.25) is 24.7 Å². The predicted octanol–water partition coefficient (Wildman–Crippen LogP) is -1.54. The SMILES string of the molecule is C[NH+]1CCN(NC(=O)CCN2C(=O)Cc3ccccc3C2=O)CC1. The highest BCUT2D eigenvalue weighted by Gasteiger charge is 2.30. The minimum Gasteiger partial charge on any atom is -0.335 e. The Labute approximate surface area is 141 Å². The topological polar surface area (TPSA) is 74.2 Å². The minimum absolute atomic E-state index is 0.122. The zero-order valence-corrected chi connectivity index (χ0v) is 13.9. The first-order valence-electron chi connectivity index (χ1n) is 8.33. The first kappa shape index (κ1) is 16.6. The van der Waals surface area contributed by atoms with Gasteiger partial charge in [0, 0.05) is 18.5 Å². The molecule has 0 unspecified atom stereocenters. The largest absolute Gasteiger partial charge is 0.335 e. The number of hydrogen-bond donors (Lipinski definition) is 2. The van der Waals surface area contributed by atoms with Crippen molar-refractivity contribution < 1.29 is 19.3 Å². The van der Waals surface area contributed by atoms with Gasteiger partial charge in [0.05, 0.1) is 39.6 Å². The summed E-state index contributed by atoms with van der Waals surface area (Å²) < 4.78 is 0. The van der Waals surface area contributed by atoms with Crippen LogP contribution in [-0.2, 0) is 16.0 Å². The highest BCUT2D eigenvalue weighted by molar-refractivity contribution is 6.09. The average Bonchev–Trinajstić information content (AvgIpc) is 2.57. The lowest BCUT2D eigenvalue weighted by atomic mass is 9.98. The van der Waals surface area contributed by atoms with E-state index in [1.165, 1.54) is 9.80 Å². The Morgan fingerprint density at radius 1 is 1.21 bits per heavy atom. The molecule has 2 N–H and O–H groups in total. The van der Waals surface area contributed by atoms with Gasteiger partial charge < -0.3 is 4.90 Å². The Balaban J connectivity index is 1.54. The molecular formula is C17H23N4O3+. The lowest BCUT2D eigenvalue weighted by Gasteiger charge is -2.30. The van der Waals surface area contributed by atoms with Gasteiger partial charge in [-0.25, -0.2) is 5.01 Å². The molecule has 0 atom stereocenters. The summed E-state index contributed by atoms with van der Waals surface area (Å²) in [5.74, 6) is -0.707.